The molecule has 4 nitrogen and oxygen atoms in total. The zero-order valence-corrected chi connectivity index (χ0v) is 19.2. The lowest BCUT2D eigenvalue weighted by atomic mass is 9.90. The number of aromatic amines is 1. The van der Waals surface area contributed by atoms with E-state index in [9.17, 15) is 4.79 Å². The Bertz CT molecular complexity index is 1140. The van der Waals surface area contributed by atoms with E-state index in [2.05, 4.69) is 41.1 Å². The molecule has 0 saturated carbocycles. The van der Waals surface area contributed by atoms with Gasteiger partial charge in [0.2, 0.25) is 0 Å². The molecule has 0 radical (unpaired) electrons. The third-order valence-electron chi connectivity index (χ3n) is 6.58. The standard InChI is InChI=1S/C25H26ClN3OS/c1-2-3-4-5-10-21-23-19(18-8-6-7-9-20(18)27-23)15-22-24(30)28(25(31)29(21)22)17-13-11-16(26)12-14-17/h6-9,11-14,21-22,27H,2-5,10,15H2,1H3/t21-,22+/m0/s1. The Morgan fingerprint density at radius 2 is 1.87 bits per heavy atom. The van der Waals surface area contributed by atoms with Crippen molar-refractivity contribution >= 4 is 51.4 Å². The summed E-state index contributed by atoms with van der Waals surface area (Å²) >= 11 is 12.0. The highest BCUT2D eigenvalue weighted by Gasteiger charge is 2.50. The van der Waals surface area contributed by atoms with E-state index in [1.807, 2.05) is 24.3 Å². The molecule has 5 rings (SSSR count). The number of fused-ring (bicyclic) bond motifs is 4. The number of anilines is 1. The maximum absolute atomic E-state index is 13.6. The summed E-state index contributed by atoms with van der Waals surface area (Å²) in [4.78, 5) is 21.1. The van der Waals surface area contributed by atoms with Crippen LogP contribution in [0.4, 0.5) is 5.69 Å². The highest BCUT2D eigenvalue weighted by Crippen LogP contribution is 2.44. The van der Waals surface area contributed by atoms with Crippen molar-refractivity contribution in [1.29, 1.82) is 0 Å². The van der Waals surface area contributed by atoms with Crippen LogP contribution in [-0.4, -0.2) is 26.9 Å². The first-order valence-corrected chi connectivity index (χ1v) is 11.9. The lowest BCUT2D eigenvalue weighted by molar-refractivity contribution is -0.120. The molecule has 31 heavy (non-hydrogen) atoms. The number of aromatic nitrogens is 1. The highest BCUT2D eigenvalue weighted by molar-refractivity contribution is 7.80. The predicted octanol–water partition coefficient (Wildman–Crippen LogP) is 6.39. The smallest absolute Gasteiger partial charge is 0.256 e. The predicted molar refractivity (Wildman–Crippen MR) is 131 cm³/mol. The van der Waals surface area contributed by atoms with Gasteiger partial charge in [0.1, 0.15) is 6.04 Å². The summed E-state index contributed by atoms with van der Waals surface area (Å²) in [5, 5.41) is 2.47. The number of nitrogens with zero attached hydrogens (tertiary/aromatic N) is 2. The van der Waals surface area contributed by atoms with Gasteiger partial charge in [-0.1, -0.05) is 62.4 Å². The topological polar surface area (TPSA) is 39.3 Å². The Labute approximate surface area is 193 Å². The van der Waals surface area contributed by atoms with Crippen LogP contribution >= 0.6 is 23.8 Å². The minimum absolute atomic E-state index is 0.0572. The Kier molecular flexibility index (Phi) is 5.49. The van der Waals surface area contributed by atoms with Crippen LogP contribution in [0.15, 0.2) is 48.5 Å². The third-order valence-corrected chi connectivity index (χ3v) is 7.23. The number of hydrogen-bond donors (Lipinski definition) is 1. The number of para-hydroxylation sites is 1. The van der Waals surface area contributed by atoms with E-state index in [0.717, 1.165) is 24.0 Å². The summed E-state index contributed by atoms with van der Waals surface area (Å²) in [5.74, 6) is 0.0572. The first-order valence-electron chi connectivity index (χ1n) is 11.1. The second kappa shape index (κ2) is 8.29. The number of thiocarbonyl (C=S) groups is 1. The molecular formula is C25H26ClN3OS. The average Bonchev–Trinajstić information content (AvgIpc) is 3.27. The molecule has 0 spiro atoms. The molecule has 0 bridgehead atoms. The van der Waals surface area contributed by atoms with Gasteiger partial charge in [-0.3, -0.25) is 9.69 Å². The van der Waals surface area contributed by atoms with E-state index in [0.29, 0.717) is 16.6 Å². The Hall–Kier alpha value is -2.37. The minimum atomic E-state index is -0.258. The SMILES string of the molecule is CCCCCC[C@H]1c2[nH]c3ccccc3c2C[C@@H]2C(=O)N(c3ccc(Cl)cc3)C(=S)N21. The molecule has 3 aromatic rings. The van der Waals surface area contributed by atoms with Crippen LogP contribution in [0.2, 0.25) is 5.02 Å². The molecule has 0 aliphatic carbocycles. The summed E-state index contributed by atoms with van der Waals surface area (Å²) in [6.07, 6.45) is 6.41. The fraction of sp³-hybridized carbons (Fsp3) is 0.360. The van der Waals surface area contributed by atoms with Crippen LogP contribution in [0.3, 0.4) is 0 Å². The van der Waals surface area contributed by atoms with Gasteiger partial charge in [-0.15, -0.1) is 0 Å². The van der Waals surface area contributed by atoms with E-state index < -0.39 is 0 Å². The van der Waals surface area contributed by atoms with Gasteiger partial charge in [-0.25, -0.2) is 0 Å². The molecule has 2 aliphatic rings. The molecule has 1 aromatic heterocycles. The molecule has 3 heterocycles. The van der Waals surface area contributed by atoms with Crippen molar-refractivity contribution in [2.45, 2.75) is 57.5 Å². The van der Waals surface area contributed by atoms with Crippen molar-refractivity contribution in [2.24, 2.45) is 0 Å². The largest absolute Gasteiger partial charge is 0.356 e. The number of H-pyrrole nitrogens is 1. The second-order valence-corrected chi connectivity index (χ2v) is 9.29. The van der Waals surface area contributed by atoms with Gasteiger partial charge < -0.3 is 9.88 Å². The molecule has 1 fully saturated rings. The Balaban J connectivity index is 1.55. The lowest BCUT2D eigenvalue weighted by Gasteiger charge is -2.37. The number of nitrogens with one attached hydrogen (secondary N) is 1. The minimum Gasteiger partial charge on any atom is -0.356 e. The quantitative estimate of drug-likeness (QED) is 0.348. The third kappa shape index (κ3) is 3.44. The van der Waals surface area contributed by atoms with Gasteiger partial charge in [0.15, 0.2) is 5.11 Å². The molecule has 1 N–H and O–H groups in total. The number of hydrogen-bond acceptors (Lipinski definition) is 2. The Morgan fingerprint density at radius 3 is 2.65 bits per heavy atom. The van der Waals surface area contributed by atoms with Gasteiger partial charge in [0, 0.05) is 28.0 Å². The van der Waals surface area contributed by atoms with Gasteiger partial charge in [-0.2, -0.15) is 0 Å². The maximum Gasteiger partial charge on any atom is 0.256 e. The van der Waals surface area contributed by atoms with Crippen molar-refractivity contribution in [3.05, 3.63) is 64.8 Å². The molecule has 2 atom stereocenters. The molecule has 0 unspecified atom stereocenters. The highest BCUT2D eigenvalue weighted by atomic mass is 35.5. The fourth-order valence-corrected chi connectivity index (χ4v) is 5.66. The molecule has 1 amide bonds. The number of rotatable bonds is 6. The molecule has 160 valence electrons. The van der Waals surface area contributed by atoms with Gasteiger partial charge in [0.05, 0.1) is 11.7 Å². The zero-order chi connectivity index (χ0) is 21.5. The molecule has 6 heteroatoms. The monoisotopic (exact) mass is 451 g/mol. The summed E-state index contributed by atoms with van der Waals surface area (Å²) in [7, 11) is 0. The van der Waals surface area contributed by atoms with Crippen molar-refractivity contribution in [1.82, 2.24) is 9.88 Å². The first kappa shape index (κ1) is 20.5. The number of benzene rings is 2. The van der Waals surface area contributed by atoms with Crippen LogP contribution in [0.1, 0.15) is 56.3 Å². The van der Waals surface area contributed by atoms with Crippen LogP contribution in [-0.2, 0) is 11.2 Å². The van der Waals surface area contributed by atoms with Crippen molar-refractivity contribution in [3.63, 3.8) is 0 Å². The number of carbonyl (C=O) groups is 1. The van der Waals surface area contributed by atoms with E-state index >= 15 is 0 Å². The van der Waals surface area contributed by atoms with Crippen molar-refractivity contribution in [2.75, 3.05) is 4.90 Å². The maximum atomic E-state index is 13.6. The molecule has 1 saturated heterocycles. The lowest BCUT2D eigenvalue weighted by Crippen LogP contribution is -2.43. The molecule has 2 aliphatic heterocycles. The fourth-order valence-electron chi connectivity index (χ4n) is 5.08. The van der Waals surface area contributed by atoms with Crippen LogP contribution in [0.5, 0.6) is 0 Å². The first-order chi connectivity index (χ1) is 15.1. The number of carbonyl (C=O) groups excluding carboxylic acids is 1. The number of amides is 1. The van der Waals surface area contributed by atoms with Gasteiger partial charge in [-0.05, 0) is 54.5 Å². The second-order valence-electron chi connectivity index (χ2n) is 8.49. The van der Waals surface area contributed by atoms with E-state index in [4.69, 9.17) is 23.8 Å². The van der Waals surface area contributed by atoms with E-state index in [-0.39, 0.29) is 18.0 Å². The van der Waals surface area contributed by atoms with Crippen LogP contribution in [0, 0.1) is 0 Å². The van der Waals surface area contributed by atoms with Crippen molar-refractivity contribution < 1.29 is 4.79 Å². The normalized spacial score (nSPS) is 20.5. The van der Waals surface area contributed by atoms with E-state index in [1.54, 1.807) is 4.90 Å². The van der Waals surface area contributed by atoms with E-state index in [1.165, 1.54) is 35.9 Å². The molecular weight excluding hydrogens is 426 g/mol. The number of halogens is 1. The zero-order valence-electron chi connectivity index (χ0n) is 17.6. The average molecular weight is 452 g/mol. The summed E-state index contributed by atoms with van der Waals surface area (Å²) in [6.45, 7) is 2.23. The van der Waals surface area contributed by atoms with Crippen LogP contribution in [0.25, 0.3) is 10.9 Å². The summed E-state index contributed by atoms with van der Waals surface area (Å²) in [6, 6.07) is 15.6. The van der Waals surface area contributed by atoms with Crippen molar-refractivity contribution in [3.8, 4) is 0 Å². The van der Waals surface area contributed by atoms with Crippen LogP contribution < -0.4 is 4.90 Å². The van der Waals surface area contributed by atoms with Gasteiger partial charge in [0.25, 0.3) is 5.91 Å². The molecule has 2 aromatic carbocycles. The van der Waals surface area contributed by atoms with Gasteiger partial charge >= 0.3 is 0 Å². The Morgan fingerprint density at radius 1 is 1.10 bits per heavy atom. The summed E-state index contributed by atoms with van der Waals surface area (Å²) < 4.78 is 0. The summed E-state index contributed by atoms with van der Waals surface area (Å²) in [5.41, 5.74) is 4.42. The number of unbranched alkanes of at least 4 members (excludes halogenated alkanes) is 3.